The summed E-state index contributed by atoms with van der Waals surface area (Å²) in [7, 11) is 0. The Morgan fingerprint density at radius 2 is 2.07 bits per heavy atom. The van der Waals surface area contributed by atoms with Crippen molar-refractivity contribution in [1.29, 1.82) is 0 Å². The number of hydrogen-bond donors (Lipinski definition) is 1. The maximum absolute atomic E-state index is 11.4. The van der Waals surface area contributed by atoms with Crippen molar-refractivity contribution in [3.63, 3.8) is 0 Å². The maximum atomic E-state index is 11.4. The van der Waals surface area contributed by atoms with Gasteiger partial charge >= 0.3 is 0 Å². The summed E-state index contributed by atoms with van der Waals surface area (Å²) in [5.74, 6) is 0.329. The van der Waals surface area contributed by atoms with Crippen LogP contribution in [0.3, 0.4) is 0 Å². The first-order chi connectivity index (χ1) is 7.08. The highest BCUT2D eigenvalue weighted by molar-refractivity contribution is 5.81. The molecule has 1 N–H and O–H groups in total. The zero-order valence-corrected chi connectivity index (χ0v) is 9.50. The Balaban J connectivity index is 2.27. The van der Waals surface area contributed by atoms with Gasteiger partial charge in [-0.1, -0.05) is 30.7 Å². The molecule has 2 unspecified atom stereocenters. The second kappa shape index (κ2) is 3.69. The zero-order valence-electron chi connectivity index (χ0n) is 9.50. The minimum absolute atomic E-state index is 0.149. The number of carbonyl (C=O) groups excluding carboxylic acids is 1. The van der Waals surface area contributed by atoms with Gasteiger partial charge in [-0.3, -0.25) is 4.79 Å². The molecule has 0 saturated carbocycles. The Labute approximate surface area is 90.7 Å². The highest BCUT2D eigenvalue weighted by atomic mass is 16.2. The van der Waals surface area contributed by atoms with Crippen LogP contribution in [0.2, 0.25) is 0 Å². The predicted molar refractivity (Wildman–Crippen MR) is 60.6 cm³/mol. The summed E-state index contributed by atoms with van der Waals surface area (Å²) in [6, 6.07) is 6.63. The molecule has 0 aromatic heterocycles. The lowest BCUT2D eigenvalue weighted by Crippen LogP contribution is -2.20. The van der Waals surface area contributed by atoms with Crippen molar-refractivity contribution >= 4 is 5.91 Å². The highest BCUT2D eigenvalue weighted by Crippen LogP contribution is 2.29. The second-order valence-corrected chi connectivity index (χ2v) is 4.56. The zero-order chi connectivity index (χ0) is 11.0. The maximum Gasteiger partial charge on any atom is 0.223 e. The van der Waals surface area contributed by atoms with Crippen LogP contribution in [0.15, 0.2) is 18.2 Å². The molecule has 0 aliphatic carbocycles. The fourth-order valence-corrected chi connectivity index (χ4v) is 2.25. The van der Waals surface area contributed by atoms with E-state index in [4.69, 9.17) is 0 Å². The van der Waals surface area contributed by atoms with Crippen LogP contribution in [-0.4, -0.2) is 5.91 Å². The van der Waals surface area contributed by atoms with E-state index in [1.807, 2.05) is 6.92 Å². The molecule has 1 aromatic carbocycles. The molecule has 1 fully saturated rings. The Morgan fingerprint density at radius 1 is 1.33 bits per heavy atom. The number of nitrogens with one attached hydrogen (secondary N) is 1. The SMILES string of the molecule is Cc1ccc(C2CC(C)C(=O)N2)c(C)c1. The minimum Gasteiger partial charge on any atom is -0.349 e. The lowest BCUT2D eigenvalue weighted by molar-refractivity contribution is -0.122. The highest BCUT2D eigenvalue weighted by Gasteiger charge is 2.29. The molecule has 2 heteroatoms. The smallest absolute Gasteiger partial charge is 0.223 e. The van der Waals surface area contributed by atoms with E-state index in [1.54, 1.807) is 0 Å². The monoisotopic (exact) mass is 203 g/mol. The summed E-state index contributed by atoms with van der Waals surface area (Å²) in [5.41, 5.74) is 3.81. The van der Waals surface area contributed by atoms with E-state index >= 15 is 0 Å². The Hall–Kier alpha value is -1.31. The van der Waals surface area contributed by atoms with Crippen molar-refractivity contribution in [1.82, 2.24) is 5.32 Å². The second-order valence-electron chi connectivity index (χ2n) is 4.56. The molecule has 1 aromatic rings. The average molecular weight is 203 g/mol. The molecule has 1 heterocycles. The van der Waals surface area contributed by atoms with Gasteiger partial charge in [0.2, 0.25) is 5.91 Å². The summed E-state index contributed by atoms with van der Waals surface area (Å²) >= 11 is 0. The first-order valence-electron chi connectivity index (χ1n) is 5.45. The summed E-state index contributed by atoms with van der Waals surface area (Å²) < 4.78 is 0. The predicted octanol–water partition coefficient (Wildman–Crippen LogP) is 2.50. The third-order valence-electron chi connectivity index (χ3n) is 3.15. The van der Waals surface area contributed by atoms with Crippen LogP contribution in [0, 0.1) is 19.8 Å². The number of hydrogen-bond acceptors (Lipinski definition) is 1. The number of carbonyl (C=O) groups is 1. The van der Waals surface area contributed by atoms with Gasteiger partial charge in [0.1, 0.15) is 0 Å². The average Bonchev–Trinajstić information content (AvgIpc) is 2.46. The van der Waals surface area contributed by atoms with E-state index in [-0.39, 0.29) is 17.9 Å². The first kappa shape index (κ1) is 10.2. The van der Waals surface area contributed by atoms with Gasteiger partial charge in [-0.15, -0.1) is 0 Å². The molecule has 1 aliphatic heterocycles. The molecule has 80 valence electrons. The summed E-state index contributed by atoms with van der Waals surface area (Å²) in [5, 5.41) is 3.04. The van der Waals surface area contributed by atoms with Crippen LogP contribution in [0.25, 0.3) is 0 Å². The standard InChI is InChI=1S/C13H17NO/c1-8-4-5-11(9(2)6-8)12-7-10(3)13(15)14-12/h4-6,10,12H,7H2,1-3H3,(H,14,15). The molecule has 15 heavy (non-hydrogen) atoms. The van der Waals surface area contributed by atoms with E-state index in [0.717, 1.165) is 6.42 Å². The fourth-order valence-electron chi connectivity index (χ4n) is 2.25. The molecule has 0 radical (unpaired) electrons. The van der Waals surface area contributed by atoms with E-state index in [9.17, 15) is 4.79 Å². The van der Waals surface area contributed by atoms with Gasteiger partial charge in [-0.2, -0.15) is 0 Å². The van der Waals surface area contributed by atoms with Gasteiger partial charge in [0, 0.05) is 5.92 Å². The Bertz CT molecular complexity index is 398. The van der Waals surface area contributed by atoms with Crippen molar-refractivity contribution in [2.24, 2.45) is 5.92 Å². The lowest BCUT2D eigenvalue weighted by Gasteiger charge is -2.13. The normalized spacial score (nSPS) is 25.4. The van der Waals surface area contributed by atoms with Gasteiger partial charge in [-0.25, -0.2) is 0 Å². The molecule has 1 saturated heterocycles. The molecular weight excluding hydrogens is 186 g/mol. The van der Waals surface area contributed by atoms with Crippen LogP contribution in [0.1, 0.15) is 36.1 Å². The molecule has 2 nitrogen and oxygen atoms in total. The number of benzene rings is 1. The fraction of sp³-hybridized carbons (Fsp3) is 0.462. The van der Waals surface area contributed by atoms with Crippen molar-refractivity contribution in [3.8, 4) is 0 Å². The Kier molecular flexibility index (Phi) is 2.51. The summed E-state index contributed by atoms with van der Waals surface area (Å²) in [6.07, 6.45) is 0.919. The van der Waals surface area contributed by atoms with E-state index < -0.39 is 0 Å². The third kappa shape index (κ3) is 1.89. The molecule has 2 rings (SSSR count). The van der Waals surface area contributed by atoms with E-state index in [2.05, 4.69) is 37.4 Å². The molecule has 0 spiro atoms. The van der Waals surface area contributed by atoms with Crippen molar-refractivity contribution in [2.75, 3.05) is 0 Å². The molecule has 2 atom stereocenters. The van der Waals surface area contributed by atoms with Crippen LogP contribution < -0.4 is 5.32 Å². The third-order valence-corrected chi connectivity index (χ3v) is 3.15. The quantitative estimate of drug-likeness (QED) is 0.746. The van der Waals surface area contributed by atoms with Crippen LogP contribution in [0.5, 0.6) is 0 Å². The summed E-state index contributed by atoms with van der Waals surface area (Å²) in [4.78, 5) is 11.4. The molecule has 0 bridgehead atoms. The van der Waals surface area contributed by atoms with Crippen molar-refractivity contribution < 1.29 is 4.79 Å². The topological polar surface area (TPSA) is 29.1 Å². The summed E-state index contributed by atoms with van der Waals surface area (Å²) in [6.45, 7) is 6.18. The largest absolute Gasteiger partial charge is 0.349 e. The van der Waals surface area contributed by atoms with Crippen LogP contribution in [0.4, 0.5) is 0 Å². The van der Waals surface area contributed by atoms with Gasteiger partial charge < -0.3 is 5.32 Å². The van der Waals surface area contributed by atoms with Gasteiger partial charge in [0.05, 0.1) is 6.04 Å². The molecule has 1 aliphatic rings. The minimum atomic E-state index is 0.149. The number of amides is 1. The first-order valence-corrected chi connectivity index (χ1v) is 5.45. The van der Waals surface area contributed by atoms with Gasteiger partial charge in [0.25, 0.3) is 0 Å². The lowest BCUT2D eigenvalue weighted by atomic mass is 9.96. The van der Waals surface area contributed by atoms with E-state index in [0.29, 0.717) is 0 Å². The number of rotatable bonds is 1. The van der Waals surface area contributed by atoms with Gasteiger partial charge in [0.15, 0.2) is 0 Å². The van der Waals surface area contributed by atoms with E-state index in [1.165, 1.54) is 16.7 Å². The molecular formula is C13H17NO. The molecule has 1 amide bonds. The van der Waals surface area contributed by atoms with Gasteiger partial charge in [-0.05, 0) is 31.4 Å². The van der Waals surface area contributed by atoms with Crippen LogP contribution >= 0.6 is 0 Å². The van der Waals surface area contributed by atoms with Crippen molar-refractivity contribution in [3.05, 3.63) is 34.9 Å². The van der Waals surface area contributed by atoms with Crippen molar-refractivity contribution in [2.45, 2.75) is 33.2 Å². The number of aryl methyl sites for hydroxylation is 2. The Morgan fingerprint density at radius 3 is 2.60 bits per heavy atom. The van der Waals surface area contributed by atoms with Crippen LogP contribution in [-0.2, 0) is 4.79 Å².